The number of nitrogens with zero attached hydrogens (tertiary/aromatic N) is 1. The molecule has 166 valence electrons. The highest BCUT2D eigenvalue weighted by Crippen LogP contribution is 2.62. The van der Waals surface area contributed by atoms with Gasteiger partial charge in [-0.2, -0.15) is 0 Å². The van der Waals surface area contributed by atoms with E-state index >= 15 is 0 Å². The number of methoxy groups -OCH3 is 1. The number of anilines is 1. The van der Waals surface area contributed by atoms with Crippen molar-refractivity contribution in [3.8, 4) is 5.75 Å². The lowest BCUT2D eigenvalue weighted by molar-refractivity contribution is -0.0343. The minimum Gasteiger partial charge on any atom is -0.497 e. The molecule has 5 nitrogen and oxygen atoms in total. The number of hydrogen-bond donors (Lipinski definition) is 2. The molecule has 0 spiro atoms. The first-order valence-electron chi connectivity index (χ1n) is 11.6. The van der Waals surface area contributed by atoms with Crippen molar-refractivity contribution >= 4 is 32.7 Å². The normalized spacial score (nSPS) is 30.4. The van der Waals surface area contributed by atoms with Crippen molar-refractivity contribution in [1.82, 2.24) is 10.3 Å². The number of carbonyl (C=O) groups excluding carboxylic acids is 1. The summed E-state index contributed by atoms with van der Waals surface area (Å²) < 4.78 is 6.31. The molecule has 0 radical (unpaired) electrons. The lowest BCUT2D eigenvalue weighted by Crippen LogP contribution is -2.64. The maximum atomic E-state index is 13.1. The van der Waals surface area contributed by atoms with Gasteiger partial charge in [0.05, 0.1) is 17.3 Å². The summed E-state index contributed by atoms with van der Waals surface area (Å²) in [6.45, 7) is 2.15. The van der Waals surface area contributed by atoms with Crippen molar-refractivity contribution in [3.63, 3.8) is 0 Å². The van der Waals surface area contributed by atoms with E-state index in [0.717, 1.165) is 35.2 Å². The number of urea groups is 1. The van der Waals surface area contributed by atoms with Gasteiger partial charge in [-0.1, -0.05) is 41.2 Å². The Bertz CT molecular complexity index is 1170. The summed E-state index contributed by atoms with van der Waals surface area (Å²) >= 11 is 1.48. The van der Waals surface area contributed by atoms with Crippen molar-refractivity contribution in [1.29, 1.82) is 0 Å². The van der Waals surface area contributed by atoms with Gasteiger partial charge in [0.15, 0.2) is 5.13 Å². The fraction of sp³-hybridized carbons (Fsp3) is 0.462. The van der Waals surface area contributed by atoms with Crippen molar-refractivity contribution in [3.05, 3.63) is 53.6 Å². The number of benzene rings is 2. The predicted molar refractivity (Wildman–Crippen MR) is 129 cm³/mol. The first kappa shape index (κ1) is 20.0. The van der Waals surface area contributed by atoms with Crippen LogP contribution in [0.4, 0.5) is 9.93 Å². The Hall–Kier alpha value is -2.60. The minimum atomic E-state index is -0.128. The summed E-state index contributed by atoms with van der Waals surface area (Å²) in [5.74, 6) is 2.20. The van der Waals surface area contributed by atoms with Gasteiger partial charge in [-0.25, -0.2) is 9.78 Å². The number of amides is 2. The van der Waals surface area contributed by atoms with E-state index in [4.69, 9.17) is 4.74 Å². The molecule has 0 saturated heterocycles. The van der Waals surface area contributed by atoms with E-state index in [0.29, 0.717) is 17.0 Å². The van der Waals surface area contributed by atoms with Crippen molar-refractivity contribution < 1.29 is 9.53 Å². The molecule has 3 aromatic rings. The summed E-state index contributed by atoms with van der Waals surface area (Å²) in [5, 5.41) is 7.09. The van der Waals surface area contributed by atoms with Crippen LogP contribution in [-0.4, -0.2) is 23.7 Å². The van der Waals surface area contributed by atoms with Crippen LogP contribution >= 0.6 is 11.3 Å². The minimum absolute atomic E-state index is 0.112. The monoisotopic (exact) mass is 447 g/mol. The molecule has 2 N–H and O–H groups in total. The summed E-state index contributed by atoms with van der Waals surface area (Å²) in [5.41, 5.74) is 3.73. The number of thiazole rings is 1. The zero-order valence-electron chi connectivity index (χ0n) is 18.6. The number of ether oxygens (including phenoxy) is 1. The second-order valence-corrected chi connectivity index (χ2v) is 11.4. The van der Waals surface area contributed by atoms with Crippen LogP contribution in [0.5, 0.6) is 5.75 Å². The third kappa shape index (κ3) is 3.36. The molecule has 4 aliphatic carbocycles. The number of aromatic nitrogens is 1. The van der Waals surface area contributed by atoms with Gasteiger partial charge in [0.25, 0.3) is 0 Å². The molecule has 4 bridgehead atoms. The third-order valence-corrected chi connectivity index (χ3v) is 8.85. The van der Waals surface area contributed by atoms with Crippen LogP contribution in [0.1, 0.15) is 49.7 Å². The molecule has 32 heavy (non-hydrogen) atoms. The highest BCUT2D eigenvalue weighted by molar-refractivity contribution is 7.22. The number of aryl methyl sites for hydroxylation is 1. The molecule has 2 amide bonds. The predicted octanol–water partition coefficient (Wildman–Crippen LogP) is 6.03. The Kier molecular flexibility index (Phi) is 4.51. The maximum absolute atomic E-state index is 13.1. The fourth-order valence-corrected chi connectivity index (χ4v) is 8.00. The summed E-state index contributed by atoms with van der Waals surface area (Å²) in [4.78, 5) is 17.7. The van der Waals surface area contributed by atoms with Crippen molar-refractivity contribution in [2.75, 3.05) is 12.4 Å². The van der Waals surface area contributed by atoms with Crippen LogP contribution in [0, 0.1) is 18.8 Å². The molecule has 2 aromatic carbocycles. The van der Waals surface area contributed by atoms with E-state index in [-0.39, 0.29) is 17.0 Å². The molecular weight excluding hydrogens is 418 g/mol. The number of nitrogens with one attached hydrogen (secondary N) is 2. The quantitative estimate of drug-likeness (QED) is 0.514. The van der Waals surface area contributed by atoms with Gasteiger partial charge in [-0.05, 0) is 86.5 Å². The van der Waals surface area contributed by atoms with Crippen LogP contribution in [0.2, 0.25) is 0 Å². The Morgan fingerprint density at radius 3 is 2.56 bits per heavy atom. The van der Waals surface area contributed by atoms with Crippen LogP contribution in [-0.2, 0) is 5.41 Å². The standard InChI is InChI=1S/C26H29N3O2S/c1-16-3-5-19(6-4-16)25-11-17-9-18(12-25)14-26(13-17,15-25)29-23(30)28-24-27-21-8-7-20(31-2)10-22(21)32-24/h3-8,10,17-18H,9,11-15H2,1-2H3,(H2,27,28,29,30)/t17-,18-,25?,26?/m1/s1. The van der Waals surface area contributed by atoms with Crippen LogP contribution in [0.15, 0.2) is 42.5 Å². The fourth-order valence-electron chi connectivity index (χ4n) is 7.11. The van der Waals surface area contributed by atoms with Gasteiger partial charge in [0.1, 0.15) is 5.75 Å². The molecule has 4 saturated carbocycles. The summed E-state index contributed by atoms with van der Waals surface area (Å²) in [7, 11) is 1.66. The first-order chi connectivity index (χ1) is 15.4. The van der Waals surface area contributed by atoms with Crippen molar-refractivity contribution in [2.24, 2.45) is 11.8 Å². The molecule has 2 atom stereocenters. The summed E-state index contributed by atoms with van der Waals surface area (Å²) in [6.07, 6.45) is 7.08. The van der Waals surface area contributed by atoms with Gasteiger partial charge in [0.2, 0.25) is 0 Å². The Morgan fingerprint density at radius 2 is 1.84 bits per heavy atom. The molecule has 1 heterocycles. The zero-order chi connectivity index (χ0) is 21.9. The van der Waals surface area contributed by atoms with Gasteiger partial charge < -0.3 is 10.1 Å². The highest BCUT2D eigenvalue weighted by Gasteiger charge is 2.58. The molecule has 0 unspecified atom stereocenters. The zero-order valence-corrected chi connectivity index (χ0v) is 19.4. The first-order valence-corrected chi connectivity index (χ1v) is 12.4. The average Bonchev–Trinajstić information content (AvgIpc) is 3.13. The molecule has 1 aromatic heterocycles. The van der Waals surface area contributed by atoms with E-state index in [1.807, 2.05) is 18.2 Å². The van der Waals surface area contributed by atoms with Crippen molar-refractivity contribution in [2.45, 2.75) is 56.4 Å². The van der Waals surface area contributed by atoms with Gasteiger partial charge in [0, 0.05) is 5.54 Å². The number of rotatable bonds is 4. The molecule has 7 rings (SSSR count). The SMILES string of the molecule is COc1ccc2nc(NC(=O)NC34C[C@@H]5C[C@@H](C3)CC(c3ccc(C)cc3)(C5)C4)sc2c1. The smallest absolute Gasteiger partial charge is 0.321 e. The highest BCUT2D eigenvalue weighted by atomic mass is 32.1. The van der Waals surface area contributed by atoms with E-state index < -0.39 is 0 Å². The molecule has 4 aliphatic rings. The molecule has 0 aliphatic heterocycles. The number of carbonyl (C=O) groups is 1. The topological polar surface area (TPSA) is 63.2 Å². The van der Waals surface area contributed by atoms with E-state index in [2.05, 4.69) is 46.8 Å². The van der Waals surface area contributed by atoms with Crippen LogP contribution in [0.3, 0.4) is 0 Å². The van der Waals surface area contributed by atoms with E-state index in [1.54, 1.807) is 7.11 Å². The maximum Gasteiger partial charge on any atom is 0.321 e. The summed E-state index contributed by atoms with van der Waals surface area (Å²) in [6, 6.07) is 14.8. The number of hydrogen-bond acceptors (Lipinski definition) is 4. The lowest BCUT2D eigenvalue weighted by atomic mass is 9.45. The third-order valence-electron chi connectivity index (χ3n) is 7.92. The van der Waals surface area contributed by atoms with Gasteiger partial charge in [-0.15, -0.1) is 0 Å². The Labute approximate surface area is 192 Å². The average molecular weight is 448 g/mol. The molecule has 4 fully saturated rings. The van der Waals surface area contributed by atoms with E-state index in [9.17, 15) is 4.79 Å². The van der Waals surface area contributed by atoms with Gasteiger partial charge >= 0.3 is 6.03 Å². The Morgan fingerprint density at radius 1 is 1.09 bits per heavy atom. The van der Waals surface area contributed by atoms with E-state index in [1.165, 1.54) is 41.7 Å². The Balaban J connectivity index is 1.23. The molecular formula is C26H29N3O2S. The van der Waals surface area contributed by atoms with Crippen LogP contribution in [0.25, 0.3) is 10.2 Å². The second kappa shape index (κ2) is 7.20. The largest absolute Gasteiger partial charge is 0.497 e. The van der Waals surface area contributed by atoms with Crippen LogP contribution < -0.4 is 15.4 Å². The second-order valence-electron chi connectivity index (χ2n) is 10.3. The molecule has 6 heteroatoms. The number of fused-ring (bicyclic) bond motifs is 1. The van der Waals surface area contributed by atoms with Gasteiger partial charge in [-0.3, -0.25) is 5.32 Å². The lowest BCUT2D eigenvalue weighted by Gasteiger charge is -2.62.